The molecule has 90 valence electrons. The van der Waals surface area contributed by atoms with Gasteiger partial charge in [0.05, 0.1) is 0 Å². The van der Waals surface area contributed by atoms with E-state index in [4.69, 9.17) is 10.5 Å². The first kappa shape index (κ1) is 11.4. The standard InChI is InChI=1S/C12H14N2O3/c13-11(15)7-17-10-5-3-9(4-6-10)14-12(16)8-1-2-8/h3-6,8H,1-2,7H2,(H2,13,15)(H,14,16). The highest BCUT2D eigenvalue weighted by Gasteiger charge is 2.29. The molecule has 17 heavy (non-hydrogen) atoms. The van der Waals surface area contributed by atoms with Gasteiger partial charge in [0.25, 0.3) is 5.91 Å². The topological polar surface area (TPSA) is 81.4 Å². The van der Waals surface area contributed by atoms with Crippen LogP contribution in [-0.4, -0.2) is 18.4 Å². The van der Waals surface area contributed by atoms with Crippen molar-refractivity contribution in [3.63, 3.8) is 0 Å². The summed E-state index contributed by atoms with van der Waals surface area (Å²) in [4.78, 5) is 22.0. The highest BCUT2D eigenvalue weighted by Crippen LogP contribution is 2.30. The third kappa shape index (κ3) is 3.48. The summed E-state index contributed by atoms with van der Waals surface area (Å²) in [6, 6.07) is 6.84. The lowest BCUT2D eigenvalue weighted by Crippen LogP contribution is -2.20. The molecule has 1 aliphatic rings. The minimum Gasteiger partial charge on any atom is -0.484 e. The van der Waals surface area contributed by atoms with Gasteiger partial charge in [0, 0.05) is 11.6 Å². The van der Waals surface area contributed by atoms with E-state index < -0.39 is 5.91 Å². The largest absolute Gasteiger partial charge is 0.484 e. The fraction of sp³-hybridized carbons (Fsp3) is 0.333. The van der Waals surface area contributed by atoms with E-state index in [0.717, 1.165) is 18.5 Å². The van der Waals surface area contributed by atoms with Crippen molar-refractivity contribution < 1.29 is 14.3 Å². The van der Waals surface area contributed by atoms with Gasteiger partial charge in [0.1, 0.15) is 5.75 Å². The predicted octanol–water partition coefficient (Wildman–Crippen LogP) is 0.899. The number of anilines is 1. The predicted molar refractivity (Wildman–Crippen MR) is 62.5 cm³/mol. The van der Waals surface area contributed by atoms with Crippen LogP contribution in [0.3, 0.4) is 0 Å². The third-order valence-electron chi connectivity index (χ3n) is 2.45. The average Bonchev–Trinajstić information content (AvgIpc) is 3.12. The molecule has 1 aromatic carbocycles. The highest BCUT2D eigenvalue weighted by molar-refractivity contribution is 5.94. The van der Waals surface area contributed by atoms with Crippen LogP contribution in [-0.2, 0) is 9.59 Å². The second kappa shape index (κ2) is 4.86. The normalized spacial score (nSPS) is 14.1. The van der Waals surface area contributed by atoms with Crippen molar-refractivity contribution in [1.82, 2.24) is 0 Å². The molecule has 3 N–H and O–H groups in total. The molecule has 0 aromatic heterocycles. The second-order valence-corrected chi connectivity index (χ2v) is 4.04. The van der Waals surface area contributed by atoms with Crippen LogP contribution in [0, 0.1) is 5.92 Å². The molecule has 0 unspecified atom stereocenters. The van der Waals surface area contributed by atoms with Crippen molar-refractivity contribution in [2.24, 2.45) is 11.7 Å². The first-order chi connectivity index (χ1) is 8.15. The lowest BCUT2D eigenvalue weighted by atomic mass is 10.3. The Kier molecular flexibility index (Phi) is 3.27. The van der Waals surface area contributed by atoms with Crippen LogP contribution in [0.5, 0.6) is 5.75 Å². The van der Waals surface area contributed by atoms with Gasteiger partial charge >= 0.3 is 0 Å². The van der Waals surface area contributed by atoms with E-state index in [-0.39, 0.29) is 18.4 Å². The molecule has 5 nitrogen and oxygen atoms in total. The summed E-state index contributed by atoms with van der Waals surface area (Å²) in [5.41, 5.74) is 5.69. The van der Waals surface area contributed by atoms with Crippen LogP contribution in [0.4, 0.5) is 5.69 Å². The Morgan fingerprint density at radius 2 is 1.94 bits per heavy atom. The molecule has 2 rings (SSSR count). The van der Waals surface area contributed by atoms with Gasteiger partial charge in [-0.25, -0.2) is 0 Å². The fourth-order valence-electron chi connectivity index (χ4n) is 1.38. The Labute approximate surface area is 98.9 Å². The van der Waals surface area contributed by atoms with Crippen molar-refractivity contribution >= 4 is 17.5 Å². The second-order valence-electron chi connectivity index (χ2n) is 4.04. The first-order valence-corrected chi connectivity index (χ1v) is 5.47. The van der Waals surface area contributed by atoms with Crippen LogP contribution in [0.25, 0.3) is 0 Å². The van der Waals surface area contributed by atoms with Gasteiger partial charge in [-0.2, -0.15) is 0 Å². The monoisotopic (exact) mass is 234 g/mol. The maximum atomic E-state index is 11.5. The molecule has 0 aliphatic heterocycles. The van der Waals surface area contributed by atoms with Crippen molar-refractivity contribution in [3.05, 3.63) is 24.3 Å². The molecular formula is C12H14N2O3. The Bertz CT molecular complexity index is 424. The quantitative estimate of drug-likeness (QED) is 0.794. The number of ether oxygens (including phenoxy) is 1. The van der Waals surface area contributed by atoms with Gasteiger partial charge in [0.2, 0.25) is 5.91 Å². The molecule has 0 atom stereocenters. The number of nitrogens with two attached hydrogens (primary N) is 1. The summed E-state index contributed by atoms with van der Waals surface area (Å²) in [7, 11) is 0. The summed E-state index contributed by atoms with van der Waals surface area (Å²) >= 11 is 0. The number of nitrogens with one attached hydrogen (secondary N) is 1. The number of amides is 2. The van der Waals surface area contributed by atoms with Crippen molar-refractivity contribution in [2.45, 2.75) is 12.8 Å². The Morgan fingerprint density at radius 1 is 1.29 bits per heavy atom. The van der Waals surface area contributed by atoms with E-state index in [0.29, 0.717) is 5.75 Å². The summed E-state index contributed by atoms with van der Waals surface area (Å²) in [5.74, 6) is 0.279. The Morgan fingerprint density at radius 3 is 2.47 bits per heavy atom. The lowest BCUT2D eigenvalue weighted by molar-refractivity contribution is -0.120. The molecule has 0 radical (unpaired) electrons. The van der Waals surface area contributed by atoms with Gasteiger partial charge < -0.3 is 15.8 Å². The van der Waals surface area contributed by atoms with Gasteiger partial charge in [-0.15, -0.1) is 0 Å². The van der Waals surface area contributed by atoms with Crippen molar-refractivity contribution in [3.8, 4) is 5.75 Å². The summed E-state index contributed by atoms with van der Waals surface area (Å²) in [6.07, 6.45) is 1.96. The molecule has 0 saturated heterocycles. The molecule has 0 spiro atoms. The molecule has 1 aromatic rings. The first-order valence-electron chi connectivity index (χ1n) is 5.47. The Hall–Kier alpha value is -2.04. The number of carbonyl (C=O) groups excluding carboxylic acids is 2. The number of hydrogen-bond acceptors (Lipinski definition) is 3. The molecule has 0 heterocycles. The smallest absolute Gasteiger partial charge is 0.255 e. The van der Waals surface area contributed by atoms with E-state index in [1.807, 2.05) is 0 Å². The Balaban J connectivity index is 1.88. The van der Waals surface area contributed by atoms with Crippen LogP contribution in [0.15, 0.2) is 24.3 Å². The van der Waals surface area contributed by atoms with Crippen LogP contribution < -0.4 is 15.8 Å². The van der Waals surface area contributed by atoms with Gasteiger partial charge in [-0.05, 0) is 37.1 Å². The van der Waals surface area contributed by atoms with Gasteiger partial charge in [-0.1, -0.05) is 0 Å². The average molecular weight is 234 g/mol. The maximum Gasteiger partial charge on any atom is 0.255 e. The van der Waals surface area contributed by atoms with Crippen LogP contribution >= 0.6 is 0 Å². The minimum atomic E-state index is -0.517. The summed E-state index contributed by atoms with van der Waals surface area (Å²) in [5, 5.41) is 2.81. The summed E-state index contributed by atoms with van der Waals surface area (Å²) in [6.45, 7) is -0.145. The van der Waals surface area contributed by atoms with E-state index in [1.165, 1.54) is 0 Å². The fourth-order valence-corrected chi connectivity index (χ4v) is 1.38. The molecule has 1 saturated carbocycles. The summed E-state index contributed by atoms with van der Waals surface area (Å²) < 4.78 is 5.10. The van der Waals surface area contributed by atoms with Crippen molar-refractivity contribution in [2.75, 3.05) is 11.9 Å². The molecule has 1 fully saturated rings. The van der Waals surface area contributed by atoms with Crippen molar-refractivity contribution in [1.29, 1.82) is 0 Å². The van der Waals surface area contributed by atoms with Crippen LogP contribution in [0.1, 0.15) is 12.8 Å². The number of primary amides is 1. The maximum absolute atomic E-state index is 11.5. The number of benzene rings is 1. The van der Waals surface area contributed by atoms with E-state index in [9.17, 15) is 9.59 Å². The zero-order valence-corrected chi connectivity index (χ0v) is 9.31. The molecule has 0 bridgehead atoms. The molecular weight excluding hydrogens is 220 g/mol. The van der Waals surface area contributed by atoms with E-state index in [1.54, 1.807) is 24.3 Å². The lowest BCUT2D eigenvalue weighted by Gasteiger charge is -2.06. The molecule has 1 aliphatic carbocycles. The van der Waals surface area contributed by atoms with E-state index >= 15 is 0 Å². The van der Waals surface area contributed by atoms with Gasteiger partial charge in [0.15, 0.2) is 6.61 Å². The highest BCUT2D eigenvalue weighted by atomic mass is 16.5. The number of carbonyl (C=O) groups is 2. The zero-order chi connectivity index (χ0) is 12.3. The number of rotatable bonds is 5. The number of hydrogen-bond donors (Lipinski definition) is 2. The minimum absolute atomic E-state index is 0.0656. The third-order valence-corrected chi connectivity index (χ3v) is 2.45. The van der Waals surface area contributed by atoms with Crippen LogP contribution in [0.2, 0.25) is 0 Å². The van der Waals surface area contributed by atoms with E-state index in [2.05, 4.69) is 5.32 Å². The molecule has 2 amide bonds. The zero-order valence-electron chi connectivity index (χ0n) is 9.31. The molecule has 5 heteroatoms. The SMILES string of the molecule is NC(=O)COc1ccc(NC(=O)C2CC2)cc1. The van der Waals surface area contributed by atoms with Gasteiger partial charge in [-0.3, -0.25) is 9.59 Å².